The van der Waals surface area contributed by atoms with Crippen molar-refractivity contribution in [1.29, 1.82) is 0 Å². The number of halogens is 1. The number of hydrogen-bond donors (Lipinski definition) is 2. The largest absolute Gasteiger partial charge is 0.391 e. The molecular formula is C11H15ClN6O. The van der Waals surface area contributed by atoms with Crippen LogP contribution in [0.2, 0.25) is 5.28 Å². The summed E-state index contributed by atoms with van der Waals surface area (Å²) in [6.45, 7) is 4.21. The first-order valence-corrected chi connectivity index (χ1v) is 6.27. The van der Waals surface area contributed by atoms with Gasteiger partial charge in [0.2, 0.25) is 11.2 Å². The highest BCUT2D eigenvalue weighted by molar-refractivity contribution is 6.28. The number of anilines is 1. The molecule has 0 bridgehead atoms. The first-order valence-electron chi connectivity index (χ1n) is 5.90. The molecule has 19 heavy (non-hydrogen) atoms. The fraction of sp³-hybridized carbons (Fsp3) is 0.455. The minimum atomic E-state index is -0.483. The number of aromatic nitrogens is 5. The van der Waals surface area contributed by atoms with Crippen molar-refractivity contribution in [3.05, 3.63) is 23.7 Å². The van der Waals surface area contributed by atoms with Gasteiger partial charge in [-0.05, 0) is 23.6 Å². The van der Waals surface area contributed by atoms with Gasteiger partial charge in [0.05, 0.1) is 6.10 Å². The second-order valence-corrected chi connectivity index (χ2v) is 4.71. The molecule has 7 nitrogen and oxygen atoms in total. The molecule has 2 aromatic rings. The second kappa shape index (κ2) is 5.94. The summed E-state index contributed by atoms with van der Waals surface area (Å²) < 4.78 is 1.48. The van der Waals surface area contributed by atoms with Crippen LogP contribution >= 0.6 is 11.6 Å². The minimum absolute atomic E-state index is 0.0713. The lowest BCUT2D eigenvalue weighted by atomic mass is 10.1. The Morgan fingerprint density at radius 1 is 1.37 bits per heavy atom. The average Bonchev–Trinajstić information content (AvgIpc) is 2.89. The highest BCUT2D eigenvalue weighted by Crippen LogP contribution is 2.09. The van der Waals surface area contributed by atoms with Gasteiger partial charge in [-0.15, -0.1) is 0 Å². The summed E-state index contributed by atoms with van der Waals surface area (Å²) in [5, 5.41) is 16.7. The van der Waals surface area contributed by atoms with Gasteiger partial charge in [-0.25, -0.2) is 4.68 Å². The number of aliphatic hydroxyl groups excluding tert-OH is 1. The molecule has 102 valence electrons. The van der Waals surface area contributed by atoms with E-state index in [4.69, 9.17) is 11.6 Å². The van der Waals surface area contributed by atoms with Gasteiger partial charge in [0.15, 0.2) is 0 Å². The van der Waals surface area contributed by atoms with Crippen molar-refractivity contribution < 1.29 is 5.11 Å². The van der Waals surface area contributed by atoms with Crippen LogP contribution in [0.15, 0.2) is 18.5 Å². The molecule has 0 fully saturated rings. The predicted octanol–water partition coefficient (Wildman–Crippen LogP) is 1.14. The number of nitrogens with one attached hydrogen (secondary N) is 1. The molecule has 0 saturated heterocycles. The first kappa shape index (κ1) is 13.7. The minimum Gasteiger partial charge on any atom is -0.391 e. The van der Waals surface area contributed by atoms with E-state index >= 15 is 0 Å². The molecule has 0 aliphatic carbocycles. The number of aliphatic hydroxyl groups is 1. The topological polar surface area (TPSA) is 88.8 Å². The molecule has 0 aliphatic rings. The van der Waals surface area contributed by atoms with E-state index < -0.39 is 6.10 Å². The van der Waals surface area contributed by atoms with Gasteiger partial charge in [-0.1, -0.05) is 13.8 Å². The van der Waals surface area contributed by atoms with Gasteiger partial charge in [0.1, 0.15) is 0 Å². The quantitative estimate of drug-likeness (QED) is 0.855. The summed E-state index contributed by atoms with van der Waals surface area (Å²) in [7, 11) is 0. The maximum Gasteiger partial charge on any atom is 0.256 e. The van der Waals surface area contributed by atoms with Crippen LogP contribution < -0.4 is 5.32 Å². The second-order valence-electron chi connectivity index (χ2n) is 4.37. The maximum atomic E-state index is 9.73. The molecule has 8 heteroatoms. The SMILES string of the molecule is CC(C)C(O)CNc1nc(Cl)nc(-n2cccn2)n1. The average molecular weight is 283 g/mol. The van der Waals surface area contributed by atoms with Crippen LogP contribution in [-0.4, -0.2) is 42.5 Å². The van der Waals surface area contributed by atoms with Gasteiger partial charge < -0.3 is 10.4 Å². The zero-order chi connectivity index (χ0) is 13.8. The fourth-order valence-corrected chi connectivity index (χ4v) is 1.50. The molecule has 2 rings (SSSR count). The van der Waals surface area contributed by atoms with Crippen molar-refractivity contribution in [2.75, 3.05) is 11.9 Å². The zero-order valence-corrected chi connectivity index (χ0v) is 11.4. The number of rotatable bonds is 5. The molecule has 1 atom stereocenters. The fourth-order valence-electron chi connectivity index (χ4n) is 1.34. The van der Waals surface area contributed by atoms with Crippen molar-refractivity contribution in [2.45, 2.75) is 20.0 Å². The van der Waals surface area contributed by atoms with Crippen molar-refractivity contribution in [3.63, 3.8) is 0 Å². The van der Waals surface area contributed by atoms with Gasteiger partial charge in [-0.3, -0.25) is 0 Å². The highest BCUT2D eigenvalue weighted by Gasteiger charge is 2.11. The predicted molar refractivity (Wildman–Crippen MR) is 71.3 cm³/mol. The van der Waals surface area contributed by atoms with E-state index in [1.54, 1.807) is 18.5 Å². The van der Waals surface area contributed by atoms with Crippen LogP contribution in [0.3, 0.4) is 0 Å². The lowest BCUT2D eigenvalue weighted by Crippen LogP contribution is -2.25. The van der Waals surface area contributed by atoms with Gasteiger partial charge in [0, 0.05) is 18.9 Å². The van der Waals surface area contributed by atoms with E-state index in [2.05, 4.69) is 25.4 Å². The maximum absolute atomic E-state index is 9.73. The summed E-state index contributed by atoms with van der Waals surface area (Å²) >= 11 is 5.84. The molecule has 0 saturated carbocycles. The van der Waals surface area contributed by atoms with Crippen LogP contribution in [0.4, 0.5) is 5.95 Å². The molecule has 2 aromatic heterocycles. The molecule has 2 heterocycles. The lowest BCUT2D eigenvalue weighted by molar-refractivity contribution is 0.137. The first-order chi connectivity index (χ1) is 9.06. The van der Waals surface area contributed by atoms with E-state index in [9.17, 15) is 5.11 Å². The Kier molecular flexibility index (Phi) is 4.28. The zero-order valence-electron chi connectivity index (χ0n) is 10.7. The molecule has 2 N–H and O–H groups in total. The summed E-state index contributed by atoms with van der Waals surface area (Å²) in [4.78, 5) is 12.1. The standard InChI is InChI=1S/C11H15ClN6O/c1-7(2)8(19)6-13-10-15-9(12)16-11(17-10)18-5-3-4-14-18/h3-5,7-8,19H,6H2,1-2H3,(H,13,15,16,17). The number of nitrogens with zero attached hydrogens (tertiary/aromatic N) is 5. The van der Waals surface area contributed by atoms with Crippen LogP contribution in [0, 0.1) is 5.92 Å². The Bertz CT molecular complexity index is 530. The Labute approximate surface area is 115 Å². The van der Waals surface area contributed by atoms with Gasteiger partial charge >= 0.3 is 0 Å². The van der Waals surface area contributed by atoms with Crippen LogP contribution in [0.25, 0.3) is 5.95 Å². The highest BCUT2D eigenvalue weighted by atomic mass is 35.5. The molecule has 1 unspecified atom stereocenters. The molecular weight excluding hydrogens is 268 g/mol. The van der Waals surface area contributed by atoms with Crippen molar-refractivity contribution in [2.24, 2.45) is 5.92 Å². The van der Waals surface area contributed by atoms with Gasteiger partial charge in [0.25, 0.3) is 5.95 Å². The molecule has 0 amide bonds. The van der Waals surface area contributed by atoms with Crippen molar-refractivity contribution in [1.82, 2.24) is 24.7 Å². The summed E-state index contributed by atoms with van der Waals surface area (Å²) in [5.74, 6) is 0.784. The van der Waals surface area contributed by atoms with E-state index in [-0.39, 0.29) is 11.2 Å². The van der Waals surface area contributed by atoms with E-state index in [1.807, 2.05) is 13.8 Å². The van der Waals surface area contributed by atoms with Crippen LogP contribution in [0.1, 0.15) is 13.8 Å². The monoisotopic (exact) mass is 282 g/mol. The summed E-state index contributed by atoms with van der Waals surface area (Å²) in [6.07, 6.45) is 2.84. The molecule has 0 aromatic carbocycles. The van der Waals surface area contributed by atoms with Crippen LogP contribution in [0.5, 0.6) is 0 Å². The lowest BCUT2D eigenvalue weighted by Gasteiger charge is -2.15. The molecule has 0 radical (unpaired) electrons. The third-order valence-corrected chi connectivity index (χ3v) is 2.71. The molecule has 0 spiro atoms. The normalized spacial score (nSPS) is 12.7. The van der Waals surface area contributed by atoms with E-state index in [1.165, 1.54) is 4.68 Å². The third kappa shape index (κ3) is 3.62. The Hall–Kier alpha value is -1.73. The van der Waals surface area contributed by atoms with Crippen molar-refractivity contribution >= 4 is 17.5 Å². The Balaban J connectivity index is 2.13. The van der Waals surface area contributed by atoms with E-state index in [0.29, 0.717) is 18.4 Å². The Morgan fingerprint density at radius 3 is 2.79 bits per heavy atom. The van der Waals surface area contributed by atoms with E-state index in [0.717, 1.165) is 0 Å². The van der Waals surface area contributed by atoms with Crippen molar-refractivity contribution in [3.8, 4) is 5.95 Å². The van der Waals surface area contributed by atoms with Gasteiger partial charge in [-0.2, -0.15) is 20.1 Å². The third-order valence-electron chi connectivity index (χ3n) is 2.54. The number of hydrogen-bond acceptors (Lipinski definition) is 6. The summed E-state index contributed by atoms with van der Waals surface area (Å²) in [6, 6.07) is 1.76. The van der Waals surface area contributed by atoms with Crippen LogP contribution in [-0.2, 0) is 0 Å². The Morgan fingerprint density at radius 2 is 2.16 bits per heavy atom. The summed E-state index contributed by atoms with van der Waals surface area (Å²) in [5.41, 5.74) is 0. The smallest absolute Gasteiger partial charge is 0.256 e. The molecule has 0 aliphatic heterocycles.